The van der Waals surface area contributed by atoms with E-state index in [1.165, 1.54) is 34.0 Å². The average molecular weight is 379 g/mol. The Kier molecular flexibility index (Phi) is 4.35. The second kappa shape index (κ2) is 6.77. The predicted molar refractivity (Wildman–Crippen MR) is 112 cm³/mol. The number of hydrogen-bond donors (Lipinski definition) is 0. The smallest absolute Gasteiger partial charge is 0.308 e. The molecule has 1 fully saturated rings. The Morgan fingerprint density at radius 2 is 2.11 bits per heavy atom. The van der Waals surface area contributed by atoms with Crippen LogP contribution in [0.15, 0.2) is 30.5 Å². The number of likely N-dealkylation sites (N-methyl/N-ethyl adjacent to an activating group) is 1. The zero-order valence-corrected chi connectivity index (χ0v) is 17.1. The van der Waals surface area contributed by atoms with Crippen LogP contribution < -0.4 is 0 Å². The van der Waals surface area contributed by atoms with Gasteiger partial charge in [0.05, 0.1) is 12.5 Å². The summed E-state index contributed by atoms with van der Waals surface area (Å²) >= 11 is 0. The average Bonchev–Trinajstić information content (AvgIpc) is 3.00. The minimum atomic E-state index is 0.0106. The van der Waals surface area contributed by atoms with Gasteiger partial charge in [-0.25, -0.2) is 0 Å². The van der Waals surface area contributed by atoms with Crippen LogP contribution in [-0.2, 0) is 16.0 Å². The van der Waals surface area contributed by atoms with Gasteiger partial charge >= 0.3 is 5.97 Å². The molecule has 1 aromatic heterocycles. The van der Waals surface area contributed by atoms with Crippen molar-refractivity contribution in [3.63, 3.8) is 0 Å². The Hall–Kier alpha value is -2.07. The summed E-state index contributed by atoms with van der Waals surface area (Å²) in [6, 6.07) is 7.57. The maximum Gasteiger partial charge on any atom is 0.308 e. The van der Waals surface area contributed by atoms with E-state index in [1.54, 1.807) is 0 Å². The van der Waals surface area contributed by atoms with E-state index < -0.39 is 0 Å². The number of ether oxygens (including phenoxy) is 1. The van der Waals surface area contributed by atoms with E-state index in [4.69, 9.17) is 4.74 Å². The topological polar surface area (TPSA) is 34.5 Å². The predicted octanol–water partition coefficient (Wildman–Crippen LogP) is 4.44. The molecule has 1 saturated carbocycles. The van der Waals surface area contributed by atoms with E-state index in [-0.39, 0.29) is 17.8 Å². The van der Waals surface area contributed by atoms with Crippen molar-refractivity contribution in [2.24, 2.45) is 11.8 Å². The van der Waals surface area contributed by atoms with Gasteiger partial charge in [0.25, 0.3) is 0 Å². The Bertz CT molecular complexity index is 951. The van der Waals surface area contributed by atoms with Gasteiger partial charge in [0.2, 0.25) is 0 Å². The first kappa shape index (κ1) is 18.0. The zero-order valence-electron chi connectivity index (χ0n) is 17.1. The van der Waals surface area contributed by atoms with E-state index in [0.29, 0.717) is 18.7 Å². The van der Waals surface area contributed by atoms with Gasteiger partial charge < -0.3 is 9.30 Å². The van der Waals surface area contributed by atoms with Crippen LogP contribution in [0.1, 0.15) is 50.3 Å². The number of esters is 1. The number of rotatable bonds is 4. The summed E-state index contributed by atoms with van der Waals surface area (Å²) in [4.78, 5) is 14.6. The van der Waals surface area contributed by atoms with Gasteiger partial charge in [0, 0.05) is 41.6 Å². The van der Waals surface area contributed by atoms with Crippen LogP contribution in [0.25, 0.3) is 16.5 Å². The van der Waals surface area contributed by atoms with Gasteiger partial charge in [-0.05, 0) is 62.9 Å². The summed E-state index contributed by atoms with van der Waals surface area (Å²) in [5.74, 6) is 0.434. The van der Waals surface area contributed by atoms with Crippen molar-refractivity contribution in [1.29, 1.82) is 0 Å². The molecule has 4 heteroatoms. The first-order valence-electron chi connectivity index (χ1n) is 10.7. The molecular weight excluding hydrogens is 348 g/mol. The molecule has 2 heterocycles. The SMILES string of the molecule is CC(C)n1cc2c3c(cccc31)C1=C[C@@H](COC(=O)C3CCC3)CN(C)[C@@H]1C2. The summed E-state index contributed by atoms with van der Waals surface area (Å²) in [6.45, 7) is 5.95. The molecular formula is C24H30N2O2. The summed E-state index contributed by atoms with van der Waals surface area (Å²) < 4.78 is 8.08. The molecule has 0 bridgehead atoms. The fraction of sp³-hybridized carbons (Fsp3) is 0.542. The lowest BCUT2D eigenvalue weighted by atomic mass is 9.80. The lowest BCUT2D eigenvalue weighted by Gasteiger charge is -2.39. The quantitative estimate of drug-likeness (QED) is 0.738. The lowest BCUT2D eigenvalue weighted by Crippen LogP contribution is -2.43. The van der Waals surface area contributed by atoms with Crippen LogP contribution in [0.5, 0.6) is 0 Å². The molecule has 3 aliphatic rings. The third kappa shape index (κ3) is 2.81. The highest BCUT2D eigenvalue weighted by atomic mass is 16.5. The summed E-state index contributed by atoms with van der Waals surface area (Å²) in [6.07, 6.45) is 8.98. The molecule has 2 aliphatic carbocycles. The number of nitrogens with zero attached hydrogens (tertiary/aromatic N) is 2. The zero-order chi connectivity index (χ0) is 19.4. The normalized spacial score (nSPS) is 24.8. The van der Waals surface area contributed by atoms with Crippen molar-refractivity contribution >= 4 is 22.4 Å². The van der Waals surface area contributed by atoms with Crippen LogP contribution in [0, 0.1) is 11.8 Å². The Morgan fingerprint density at radius 1 is 1.29 bits per heavy atom. The Balaban J connectivity index is 1.47. The molecule has 148 valence electrons. The van der Waals surface area contributed by atoms with E-state index in [9.17, 15) is 4.79 Å². The minimum absolute atomic E-state index is 0.0106. The van der Waals surface area contributed by atoms with Gasteiger partial charge in [-0.3, -0.25) is 9.69 Å². The first-order chi connectivity index (χ1) is 13.5. The van der Waals surface area contributed by atoms with Gasteiger partial charge in [-0.2, -0.15) is 0 Å². The standard InChI is InChI=1S/C24H30N2O2/c1-15(2)26-13-18-11-22-20(19-8-5-9-21(26)23(18)19)10-16(12-25(22)3)14-28-24(27)17-6-4-7-17/h5,8-10,13,15-17,22H,4,6-7,11-12,14H2,1-3H3/t16-,22-/m1/s1. The molecule has 1 aliphatic heterocycles. The van der Waals surface area contributed by atoms with Crippen molar-refractivity contribution in [3.8, 4) is 0 Å². The highest BCUT2D eigenvalue weighted by Gasteiger charge is 2.35. The van der Waals surface area contributed by atoms with Crippen LogP contribution >= 0.6 is 0 Å². The second-order valence-electron chi connectivity index (χ2n) is 9.15. The molecule has 0 amide bonds. The fourth-order valence-electron chi connectivity index (χ4n) is 5.16. The molecule has 0 unspecified atom stereocenters. The molecule has 4 nitrogen and oxygen atoms in total. The summed E-state index contributed by atoms with van der Waals surface area (Å²) in [5.41, 5.74) is 5.58. The van der Waals surface area contributed by atoms with Crippen LogP contribution in [-0.4, -0.2) is 41.7 Å². The van der Waals surface area contributed by atoms with E-state index in [2.05, 4.69) is 60.8 Å². The molecule has 0 N–H and O–H groups in total. The van der Waals surface area contributed by atoms with E-state index in [0.717, 1.165) is 25.8 Å². The van der Waals surface area contributed by atoms with Crippen molar-refractivity contribution in [3.05, 3.63) is 41.6 Å². The monoisotopic (exact) mass is 378 g/mol. The number of fused-ring (bicyclic) bond motifs is 2. The van der Waals surface area contributed by atoms with Gasteiger partial charge in [0.1, 0.15) is 0 Å². The molecule has 28 heavy (non-hydrogen) atoms. The van der Waals surface area contributed by atoms with Crippen molar-refractivity contribution in [2.75, 3.05) is 20.2 Å². The number of carbonyl (C=O) groups is 1. The molecule has 0 spiro atoms. The van der Waals surface area contributed by atoms with Crippen LogP contribution in [0.4, 0.5) is 0 Å². The first-order valence-corrected chi connectivity index (χ1v) is 10.7. The van der Waals surface area contributed by atoms with Crippen molar-refractivity contribution in [1.82, 2.24) is 9.47 Å². The van der Waals surface area contributed by atoms with Crippen LogP contribution in [0.3, 0.4) is 0 Å². The molecule has 0 radical (unpaired) electrons. The van der Waals surface area contributed by atoms with Gasteiger partial charge in [-0.15, -0.1) is 0 Å². The highest BCUT2D eigenvalue weighted by Crippen LogP contribution is 2.42. The maximum absolute atomic E-state index is 12.2. The van der Waals surface area contributed by atoms with Gasteiger partial charge in [-0.1, -0.05) is 24.6 Å². The highest BCUT2D eigenvalue weighted by molar-refractivity contribution is 5.98. The second-order valence-corrected chi connectivity index (χ2v) is 9.15. The molecule has 1 aromatic carbocycles. The molecule has 2 atom stereocenters. The summed E-state index contributed by atoms with van der Waals surface area (Å²) in [5, 5.41) is 1.42. The minimum Gasteiger partial charge on any atom is -0.465 e. The van der Waals surface area contributed by atoms with E-state index in [1.807, 2.05) is 0 Å². The molecule has 2 aromatic rings. The van der Waals surface area contributed by atoms with Crippen LogP contribution in [0.2, 0.25) is 0 Å². The van der Waals surface area contributed by atoms with E-state index >= 15 is 0 Å². The van der Waals surface area contributed by atoms with Crippen molar-refractivity contribution < 1.29 is 9.53 Å². The molecule has 5 rings (SSSR count). The largest absolute Gasteiger partial charge is 0.465 e. The Labute approximate surface area is 167 Å². The number of aromatic nitrogens is 1. The third-order valence-corrected chi connectivity index (χ3v) is 6.92. The Morgan fingerprint density at radius 3 is 2.82 bits per heavy atom. The maximum atomic E-state index is 12.2. The molecule has 0 saturated heterocycles. The lowest BCUT2D eigenvalue weighted by molar-refractivity contribution is -0.152. The van der Waals surface area contributed by atoms with Gasteiger partial charge in [0.15, 0.2) is 0 Å². The summed E-state index contributed by atoms with van der Waals surface area (Å²) in [7, 11) is 2.21. The third-order valence-electron chi connectivity index (χ3n) is 6.92. The fourth-order valence-corrected chi connectivity index (χ4v) is 5.16. The number of benzene rings is 1. The number of carbonyl (C=O) groups excluding carboxylic acids is 1. The number of hydrogen-bond acceptors (Lipinski definition) is 3. The van der Waals surface area contributed by atoms with Crippen molar-refractivity contribution in [2.45, 2.75) is 51.6 Å².